The summed E-state index contributed by atoms with van der Waals surface area (Å²) in [6.07, 6.45) is 1.54. The van der Waals surface area contributed by atoms with E-state index in [9.17, 15) is 9.59 Å². The maximum atomic E-state index is 12.7. The summed E-state index contributed by atoms with van der Waals surface area (Å²) in [6.45, 7) is 4.98. The Hall–Kier alpha value is -3.33. The number of amides is 2. The molecule has 0 unspecified atom stereocenters. The fourth-order valence-electron chi connectivity index (χ4n) is 4.03. The van der Waals surface area contributed by atoms with Crippen LogP contribution < -0.4 is 10.1 Å². The summed E-state index contributed by atoms with van der Waals surface area (Å²) in [5, 5.41) is 12.6. The van der Waals surface area contributed by atoms with Gasteiger partial charge in [0, 0.05) is 31.7 Å². The Balaban J connectivity index is 1.52. The van der Waals surface area contributed by atoms with Gasteiger partial charge in [-0.3, -0.25) is 14.2 Å². The van der Waals surface area contributed by atoms with Crippen LogP contribution in [0.1, 0.15) is 25.3 Å². The van der Waals surface area contributed by atoms with Crippen molar-refractivity contribution in [2.45, 2.75) is 37.9 Å². The fourth-order valence-corrected chi connectivity index (χ4v) is 4.80. The highest BCUT2D eigenvalue weighted by Crippen LogP contribution is 2.33. The number of hydrogen-bond donors (Lipinski definition) is 1. The number of carbonyl (C=O) groups is 2. The Morgan fingerprint density at radius 2 is 1.79 bits per heavy atom. The second kappa shape index (κ2) is 10.7. The number of nitrogens with one attached hydrogen (secondary N) is 1. The molecule has 1 aliphatic rings. The molecule has 0 bridgehead atoms. The molecule has 2 amide bonds. The minimum absolute atomic E-state index is 0.0522. The molecule has 0 radical (unpaired) electrons. The van der Waals surface area contributed by atoms with Crippen molar-refractivity contribution in [1.82, 2.24) is 25.0 Å². The SMILES string of the molecule is COc1ccccc1-c1nnc(SCC(=O)NC2CCN(C(C)=O)CC2)n1-c1ccc(C)cc1. The number of thioether (sulfide) groups is 1. The van der Waals surface area contributed by atoms with E-state index in [1.165, 1.54) is 11.8 Å². The third-order valence-electron chi connectivity index (χ3n) is 5.91. The van der Waals surface area contributed by atoms with E-state index in [2.05, 4.69) is 15.5 Å². The molecular formula is C25H29N5O3S. The van der Waals surface area contributed by atoms with E-state index in [4.69, 9.17) is 4.74 Å². The number of hydrogen-bond acceptors (Lipinski definition) is 6. The Kier molecular flexibility index (Phi) is 7.52. The molecule has 1 aromatic heterocycles. The van der Waals surface area contributed by atoms with E-state index in [0.717, 1.165) is 29.7 Å². The van der Waals surface area contributed by atoms with Crippen molar-refractivity contribution in [1.29, 1.82) is 0 Å². The largest absolute Gasteiger partial charge is 0.496 e. The Morgan fingerprint density at radius 1 is 1.09 bits per heavy atom. The van der Waals surface area contributed by atoms with Crippen molar-refractivity contribution in [3.63, 3.8) is 0 Å². The maximum Gasteiger partial charge on any atom is 0.230 e. The van der Waals surface area contributed by atoms with Gasteiger partial charge >= 0.3 is 0 Å². The van der Waals surface area contributed by atoms with Gasteiger partial charge in [0.05, 0.1) is 18.4 Å². The normalized spacial score (nSPS) is 14.1. The van der Waals surface area contributed by atoms with Crippen LogP contribution in [-0.2, 0) is 9.59 Å². The summed E-state index contributed by atoms with van der Waals surface area (Å²) in [5.74, 6) is 1.61. The minimum atomic E-state index is -0.0522. The van der Waals surface area contributed by atoms with Gasteiger partial charge < -0.3 is 15.0 Å². The first kappa shape index (κ1) is 23.8. The van der Waals surface area contributed by atoms with Crippen LogP contribution in [0.15, 0.2) is 53.7 Å². The highest BCUT2D eigenvalue weighted by Gasteiger charge is 2.23. The van der Waals surface area contributed by atoms with Gasteiger partial charge in [0.25, 0.3) is 0 Å². The van der Waals surface area contributed by atoms with Crippen LogP contribution >= 0.6 is 11.8 Å². The molecule has 2 heterocycles. The molecule has 34 heavy (non-hydrogen) atoms. The van der Waals surface area contributed by atoms with Crippen molar-refractivity contribution < 1.29 is 14.3 Å². The summed E-state index contributed by atoms with van der Waals surface area (Å²) in [4.78, 5) is 26.0. The molecule has 9 heteroatoms. The van der Waals surface area contributed by atoms with Crippen molar-refractivity contribution in [2.24, 2.45) is 0 Å². The molecule has 178 valence electrons. The third kappa shape index (κ3) is 5.41. The predicted molar refractivity (Wildman–Crippen MR) is 132 cm³/mol. The number of aryl methyl sites for hydroxylation is 1. The summed E-state index contributed by atoms with van der Waals surface area (Å²) >= 11 is 1.35. The van der Waals surface area contributed by atoms with E-state index in [-0.39, 0.29) is 23.6 Å². The van der Waals surface area contributed by atoms with Crippen molar-refractivity contribution in [3.8, 4) is 22.8 Å². The van der Waals surface area contributed by atoms with Crippen LogP contribution in [0.25, 0.3) is 17.1 Å². The van der Waals surface area contributed by atoms with Crippen LogP contribution in [0, 0.1) is 6.92 Å². The van der Waals surface area contributed by atoms with Gasteiger partial charge in [-0.25, -0.2) is 0 Å². The van der Waals surface area contributed by atoms with Crippen LogP contribution in [-0.4, -0.2) is 63.5 Å². The second-order valence-corrected chi connectivity index (χ2v) is 9.26. The predicted octanol–water partition coefficient (Wildman–Crippen LogP) is 3.47. The number of benzene rings is 2. The van der Waals surface area contributed by atoms with Crippen molar-refractivity contribution in [3.05, 3.63) is 54.1 Å². The minimum Gasteiger partial charge on any atom is -0.496 e. The maximum absolute atomic E-state index is 12.7. The van der Waals surface area contributed by atoms with E-state index < -0.39 is 0 Å². The van der Waals surface area contributed by atoms with Gasteiger partial charge in [0.1, 0.15) is 5.75 Å². The fraction of sp³-hybridized carbons (Fsp3) is 0.360. The van der Waals surface area contributed by atoms with Gasteiger partial charge in [-0.2, -0.15) is 0 Å². The average Bonchev–Trinajstić information content (AvgIpc) is 3.27. The number of para-hydroxylation sites is 1. The van der Waals surface area contributed by atoms with E-state index in [0.29, 0.717) is 29.8 Å². The number of aromatic nitrogens is 3. The Bertz CT molecular complexity index is 1150. The molecule has 4 rings (SSSR count). The molecular weight excluding hydrogens is 450 g/mol. The number of ether oxygens (including phenoxy) is 1. The van der Waals surface area contributed by atoms with Gasteiger partial charge in [0.2, 0.25) is 11.8 Å². The van der Waals surface area contributed by atoms with Crippen molar-refractivity contribution >= 4 is 23.6 Å². The molecule has 0 saturated carbocycles. The highest BCUT2D eigenvalue weighted by atomic mass is 32.2. The Labute approximate surface area is 203 Å². The van der Waals surface area contributed by atoms with Gasteiger partial charge in [-0.15, -0.1) is 10.2 Å². The third-order valence-corrected chi connectivity index (χ3v) is 6.84. The number of piperidine rings is 1. The molecule has 1 aliphatic heterocycles. The summed E-state index contributed by atoms with van der Waals surface area (Å²) in [6, 6.07) is 15.9. The molecule has 0 spiro atoms. The first-order chi connectivity index (χ1) is 16.5. The summed E-state index contributed by atoms with van der Waals surface area (Å²) in [7, 11) is 1.63. The lowest BCUT2D eigenvalue weighted by molar-refractivity contribution is -0.130. The number of nitrogens with zero attached hydrogens (tertiary/aromatic N) is 4. The number of carbonyl (C=O) groups excluding carboxylic acids is 2. The summed E-state index contributed by atoms with van der Waals surface area (Å²) in [5.41, 5.74) is 2.89. The van der Waals surface area contributed by atoms with Crippen molar-refractivity contribution in [2.75, 3.05) is 26.0 Å². The number of likely N-dealkylation sites (tertiary alicyclic amines) is 1. The zero-order valence-electron chi connectivity index (χ0n) is 19.7. The van der Waals surface area contributed by atoms with Gasteiger partial charge in [0.15, 0.2) is 11.0 Å². The summed E-state index contributed by atoms with van der Waals surface area (Å²) < 4.78 is 7.51. The lowest BCUT2D eigenvalue weighted by Crippen LogP contribution is -2.46. The lowest BCUT2D eigenvalue weighted by Gasteiger charge is -2.31. The quantitative estimate of drug-likeness (QED) is 0.522. The Morgan fingerprint density at radius 3 is 2.47 bits per heavy atom. The zero-order chi connectivity index (χ0) is 24.1. The standard InChI is InChI=1S/C25H29N5O3S/c1-17-8-10-20(11-9-17)30-24(21-6-4-5-7-22(21)33-3)27-28-25(30)34-16-23(32)26-19-12-14-29(15-13-19)18(2)31/h4-11,19H,12-16H2,1-3H3,(H,26,32). The van der Waals surface area contributed by atoms with Crippen LogP contribution in [0.3, 0.4) is 0 Å². The van der Waals surface area contributed by atoms with Crippen LogP contribution in [0.2, 0.25) is 0 Å². The first-order valence-corrected chi connectivity index (χ1v) is 12.3. The molecule has 1 saturated heterocycles. The van der Waals surface area contributed by atoms with Crippen LogP contribution in [0.4, 0.5) is 0 Å². The average molecular weight is 480 g/mol. The van der Waals surface area contributed by atoms with E-state index >= 15 is 0 Å². The molecule has 0 atom stereocenters. The van der Waals surface area contributed by atoms with Gasteiger partial charge in [-0.1, -0.05) is 41.6 Å². The molecule has 0 aliphatic carbocycles. The molecule has 3 aromatic rings. The van der Waals surface area contributed by atoms with E-state index in [1.54, 1.807) is 14.0 Å². The number of methoxy groups -OCH3 is 1. The molecule has 8 nitrogen and oxygen atoms in total. The molecule has 1 fully saturated rings. The lowest BCUT2D eigenvalue weighted by atomic mass is 10.1. The first-order valence-electron chi connectivity index (χ1n) is 11.3. The van der Waals surface area contributed by atoms with Gasteiger partial charge in [-0.05, 0) is 44.0 Å². The molecule has 1 N–H and O–H groups in total. The van der Waals surface area contributed by atoms with E-state index in [1.807, 2.05) is 64.9 Å². The molecule has 2 aromatic carbocycles. The highest BCUT2D eigenvalue weighted by molar-refractivity contribution is 7.99. The second-order valence-electron chi connectivity index (χ2n) is 8.31. The van der Waals surface area contributed by atoms with Crippen LogP contribution in [0.5, 0.6) is 5.75 Å². The topological polar surface area (TPSA) is 89.3 Å². The number of rotatable bonds is 7. The smallest absolute Gasteiger partial charge is 0.230 e. The zero-order valence-corrected chi connectivity index (χ0v) is 20.5. The monoisotopic (exact) mass is 479 g/mol.